The van der Waals surface area contributed by atoms with Crippen molar-refractivity contribution in [3.63, 3.8) is 0 Å². The maximum absolute atomic E-state index is 10.9. The molecule has 2 aromatic rings. The van der Waals surface area contributed by atoms with Gasteiger partial charge in [-0.1, -0.05) is 0 Å². The molecule has 0 saturated carbocycles. The molecule has 2 heterocycles. The molecule has 0 fully saturated rings. The van der Waals surface area contributed by atoms with E-state index in [1.165, 1.54) is 12.3 Å². The molecule has 0 amide bonds. The second-order valence-corrected chi connectivity index (χ2v) is 4.97. The van der Waals surface area contributed by atoms with Gasteiger partial charge in [0.05, 0.1) is 11.2 Å². The van der Waals surface area contributed by atoms with Crippen LogP contribution in [0.1, 0.15) is 37.0 Å². The molecule has 0 saturated heterocycles. The van der Waals surface area contributed by atoms with Crippen LogP contribution in [0.2, 0.25) is 0 Å². The van der Waals surface area contributed by atoms with E-state index in [1.54, 1.807) is 10.5 Å². The van der Waals surface area contributed by atoms with Crippen LogP contribution in [-0.2, 0) is 11.3 Å². The summed E-state index contributed by atoms with van der Waals surface area (Å²) in [5.41, 5.74) is 0.516. The van der Waals surface area contributed by atoms with E-state index in [1.807, 2.05) is 20.8 Å². The summed E-state index contributed by atoms with van der Waals surface area (Å²) in [5, 5.41) is 16.9. The molecule has 0 aliphatic heterocycles. The van der Waals surface area contributed by atoms with Crippen molar-refractivity contribution in [2.45, 2.75) is 33.0 Å². The van der Waals surface area contributed by atoms with E-state index < -0.39 is 5.97 Å². The Morgan fingerprint density at radius 2 is 2.11 bits per heavy atom. The van der Waals surface area contributed by atoms with Gasteiger partial charge in [0.25, 0.3) is 0 Å². The Hall–Kier alpha value is -1.95. The van der Waals surface area contributed by atoms with E-state index >= 15 is 0 Å². The monoisotopic (exact) mass is 249 g/mol. The number of nitrogens with zero attached hydrogens (tertiary/aromatic N) is 3. The molecular weight excluding hydrogens is 234 g/mol. The highest BCUT2D eigenvalue weighted by Gasteiger charge is 2.14. The molecule has 0 bridgehead atoms. The highest BCUT2D eigenvalue weighted by Crippen LogP contribution is 2.12. The Labute approximate surface area is 104 Å². The SMILES string of the molecule is CC(C)(C)OCc1nnc2ccc(C(=O)O)cn12. The van der Waals surface area contributed by atoms with Crippen molar-refractivity contribution >= 4 is 11.6 Å². The number of aromatic nitrogens is 3. The van der Waals surface area contributed by atoms with Crippen LogP contribution in [-0.4, -0.2) is 31.3 Å². The molecule has 6 nitrogen and oxygen atoms in total. The summed E-state index contributed by atoms with van der Waals surface area (Å²) in [6, 6.07) is 3.12. The zero-order chi connectivity index (χ0) is 13.3. The van der Waals surface area contributed by atoms with Crippen molar-refractivity contribution in [1.82, 2.24) is 14.6 Å². The van der Waals surface area contributed by atoms with Gasteiger partial charge >= 0.3 is 5.97 Å². The summed E-state index contributed by atoms with van der Waals surface area (Å²) in [4.78, 5) is 10.9. The van der Waals surface area contributed by atoms with Crippen molar-refractivity contribution in [3.8, 4) is 0 Å². The largest absolute Gasteiger partial charge is 0.478 e. The van der Waals surface area contributed by atoms with Crippen molar-refractivity contribution in [1.29, 1.82) is 0 Å². The molecule has 0 aliphatic carbocycles. The molecule has 6 heteroatoms. The molecule has 0 spiro atoms. The van der Waals surface area contributed by atoms with Gasteiger partial charge in [-0.2, -0.15) is 0 Å². The summed E-state index contributed by atoms with van der Waals surface area (Å²) < 4.78 is 7.25. The molecule has 0 aromatic carbocycles. The fraction of sp³-hybridized carbons (Fsp3) is 0.417. The standard InChI is InChI=1S/C12H15N3O3/c1-12(2,3)18-7-10-14-13-9-5-4-8(11(16)17)6-15(9)10/h4-6H,7H2,1-3H3,(H,16,17). The van der Waals surface area contributed by atoms with Crippen LogP contribution in [0, 0.1) is 0 Å². The number of hydrogen-bond donors (Lipinski definition) is 1. The lowest BCUT2D eigenvalue weighted by Gasteiger charge is -2.18. The van der Waals surface area contributed by atoms with Crippen LogP contribution in [0.4, 0.5) is 0 Å². The molecule has 0 aliphatic rings. The number of ether oxygens (including phenoxy) is 1. The van der Waals surface area contributed by atoms with Crippen LogP contribution in [0.3, 0.4) is 0 Å². The Balaban J connectivity index is 2.33. The summed E-state index contributed by atoms with van der Waals surface area (Å²) in [6.07, 6.45) is 1.50. The molecule has 2 rings (SSSR count). The second-order valence-electron chi connectivity index (χ2n) is 4.97. The minimum atomic E-state index is -0.978. The topological polar surface area (TPSA) is 76.7 Å². The normalized spacial score (nSPS) is 11.9. The number of carbonyl (C=O) groups is 1. The third-order valence-corrected chi connectivity index (χ3v) is 2.35. The van der Waals surface area contributed by atoms with Crippen LogP contribution < -0.4 is 0 Å². The number of fused-ring (bicyclic) bond motifs is 1. The Morgan fingerprint density at radius 1 is 1.39 bits per heavy atom. The van der Waals surface area contributed by atoms with E-state index in [0.29, 0.717) is 11.5 Å². The van der Waals surface area contributed by atoms with Crippen LogP contribution in [0.5, 0.6) is 0 Å². The number of hydrogen-bond acceptors (Lipinski definition) is 4. The van der Waals surface area contributed by atoms with Gasteiger partial charge in [-0.15, -0.1) is 10.2 Å². The minimum absolute atomic E-state index is 0.194. The highest BCUT2D eigenvalue weighted by atomic mass is 16.5. The Bertz CT molecular complexity index is 584. The molecule has 96 valence electrons. The third-order valence-electron chi connectivity index (χ3n) is 2.35. The quantitative estimate of drug-likeness (QED) is 0.896. The average Bonchev–Trinajstić information content (AvgIpc) is 2.67. The van der Waals surface area contributed by atoms with E-state index in [2.05, 4.69) is 10.2 Å². The fourth-order valence-corrected chi connectivity index (χ4v) is 1.44. The van der Waals surface area contributed by atoms with Crippen LogP contribution in [0.15, 0.2) is 18.3 Å². The smallest absolute Gasteiger partial charge is 0.337 e. The van der Waals surface area contributed by atoms with E-state index in [0.717, 1.165) is 0 Å². The second kappa shape index (κ2) is 4.38. The van der Waals surface area contributed by atoms with E-state index in [9.17, 15) is 4.79 Å². The molecule has 0 radical (unpaired) electrons. The summed E-state index contributed by atoms with van der Waals surface area (Å²) in [6.45, 7) is 6.12. The van der Waals surface area contributed by atoms with Gasteiger partial charge in [0.15, 0.2) is 11.5 Å². The van der Waals surface area contributed by atoms with Crippen molar-refractivity contribution in [3.05, 3.63) is 29.7 Å². The molecule has 18 heavy (non-hydrogen) atoms. The molecular formula is C12H15N3O3. The first-order chi connectivity index (χ1) is 8.37. The van der Waals surface area contributed by atoms with Gasteiger partial charge in [-0.25, -0.2) is 4.79 Å². The van der Waals surface area contributed by atoms with E-state index in [4.69, 9.17) is 9.84 Å². The summed E-state index contributed by atoms with van der Waals surface area (Å²) in [5.74, 6) is -0.392. The van der Waals surface area contributed by atoms with Gasteiger partial charge in [-0.05, 0) is 32.9 Å². The Kier molecular flexibility index (Phi) is 3.04. The molecule has 1 N–H and O–H groups in total. The molecule has 2 aromatic heterocycles. The minimum Gasteiger partial charge on any atom is -0.478 e. The predicted molar refractivity (Wildman–Crippen MR) is 64.5 cm³/mol. The molecule has 0 unspecified atom stereocenters. The number of carboxylic acids is 1. The summed E-state index contributed by atoms with van der Waals surface area (Å²) in [7, 11) is 0. The number of pyridine rings is 1. The van der Waals surface area contributed by atoms with Gasteiger partial charge in [0.1, 0.15) is 6.61 Å². The third kappa shape index (κ3) is 2.65. The van der Waals surface area contributed by atoms with Crippen molar-refractivity contribution < 1.29 is 14.6 Å². The zero-order valence-corrected chi connectivity index (χ0v) is 10.5. The maximum atomic E-state index is 10.9. The lowest BCUT2D eigenvalue weighted by molar-refractivity contribution is -0.0184. The average molecular weight is 249 g/mol. The fourth-order valence-electron chi connectivity index (χ4n) is 1.44. The van der Waals surface area contributed by atoms with Gasteiger partial charge in [0, 0.05) is 6.20 Å². The van der Waals surface area contributed by atoms with Gasteiger partial charge in [0.2, 0.25) is 0 Å². The first kappa shape index (κ1) is 12.5. The first-order valence-electron chi connectivity index (χ1n) is 5.58. The number of carboxylic acid groups (broad SMARTS) is 1. The highest BCUT2D eigenvalue weighted by molar-refractivity contribution is 5.87. The van der Waals surface area contributed by atoms with Crippen LogP contribution >= 0.6 is 0 Å². The lowest BCUT2D eigenvalue weighted by Crippen LogP contribution is -2.19. The first-order valence-corrected chi connectivity index (χ1v) is 5.58. The Morgan fingerprint density at radius 3 is 2.72 bits per heavy atom. The predicted octanol–water partition coefficient (Wildman–Crippen LogP) is 1.74. The zero-order valence-electron chi connectivity index (χ0n) is 10.5. The lowest BCUT2D eigenvalue weighted by atomic mass is 10.2. The molecule has 0 atom stereocenters. The van der Waals surface area contributed by atoms with Gasteiger partial charge < -0.3 is 9.84 Å². The van der Waals surface area contributed by atoms with Gasteiger partial charge in [-0.3, -0.25) is 4.40 Å². The van der Waals surface area contributed by atoms with Crippen molar-refractivity contribution in [2.75, 3.05) is 0 Å². The maximum Gasteiger partial charge on any atom is 0.337 e. The van der Waals surface area contributed by atoms with Crippen LogP contribution in [0.25, 0.3) is 5.65 Å². The number of rotatable bonds is 3. The van der Waals surface area contributed by atoms with Crippen molar-refractivity contribution in [2.24, 2.45) is 0 Å². The van der Waals surface area contributed by atoms with E-state index in [-0.39, 0.29) is 17.8 Å². The summed E-state index contributed by atoms with van der Waals surface area (Å²) >= 11 is 0. The number of aromatic carboxylic acids is 1.